The summed E-state index contributed by atoms with van der Waals surface area (Å²) in [6, 6.07) is 2.77. The van der Waals surface area contributed by atoms with Crippen molar-refractivity contribution in [2.75, 3.05) is 19.0 Å². The first-order valence-electron chi connectivity index (χ1n) is 10.7. The topological polar surface area (TPSA) is 151 Å². The van der Waals surface area contributed by atoms with Gasteiger partial charge in [0.25, 0.3) is 11.8 Å². The third-order valence-electron chi connectivity index (χ3n) is 5.56. The third-order valence-corrected chi connectivity index (χ3v) is 5.56. The zero-order valence-electron chi connectivity index (χ0n) is 18.4. The van der Waals surface area contributed by atoms with Gasteiger partial charge >= 0.3 is 5.97 Å². The minimum absolute atomic E-state index is 0.0410. The number of carbonyl (C=O) groups excluding carboxylic acids is 6. The number of anilines is 1. The number of nitrogens with zero attached hydrogens (tertiary/aromatic N) is 1. The number of methoxy groups -OCH3 is 1. The summed E-state index contributed by atoms with van der Waals surface area (Å²) in [4.78, 5) is 73.3. The van der Waals surface area contributed by atoms with Crippen LogP contribution in [0.2, 0.25) is 0 Å². The number of esters is 1. The lowest BCUT2D eigenvalue weighted by atomic mass is 10.0. The number of benzene rings is 1. The first-order valence-corrected chi connectivity index (χ1v) is 10.7. The Morgan fingerprint density at radius 2 is 1.88 bits per heavy atom. The van der Waals surface area contributed by atoms with Crippen LogP contribution >= 0.6 is 0 Å². The van der Waals surface area contributed by atoms with Crippen molar-refractivity contribution >= 4 is 41.2 Å². The van der Waals surface area contributed by atoms with Gasteiger partial charge in [0.05, 0.1) is 18.2 Å². The lowest BCUT2D eigenvalue weighted by Gasteiger charge is -2.27. The molecule has 2 aliphatic heterocycles. The summed E-state index contributed by atoms with van der Waals surface area (Å²) >= 11 is 0. The Morgan fingerprint density at radius 1 is 1.15 bits per heavy atom. The summed E-state index contributed by atoms with van der Waals surface area (Å²) in [6.45, 7) is 1.93. The predicted molar refractivity (Wildman–Crippen MR) is 115 cm³/mol. The molecule has 1 saturated heterocycles. The van der Waals surface area contributed by atoms with Crippen molar-refractivity contribution < 1.29 is 33.5 Å². The molecule has 3 N–H and O–H groups in total. The van der Waals surface area contributed by atoms with Gasteiger partial charge in [-0.25, -0.2) is 4.79 Å². The molecule has 1 aromatic carbocycles. The van der Waals surface area contributed by atoms with Crippen LogP contribution in [0.4, 0.5) is 5.69 Å². The molecular weight excluding hydrogens is 432 g/mol. The van der Waals surface area contributed by atoms with Crippen molar-refractivity contribution in [1.29, 1.82) is 0 Å². The van der Waals surface area contributed by atoms with Gasteiger partial charge in [0.15, 0.2) is 0 Å². The highest BCUT2D eigenvalue weighted by Crippen LogP contribution is 2.30. The van der Waals surface area contributed by atoms with Gasteiger partial charge in [-0.1, -0.05) is 0 Å². The molecule has 2 heterocycles. The van der Waals surface area contributed by atoms with Gasteiger partial charge in [0.2, 0.25) is 17.7 Å². The molecule has 0 radical (unpaired) electrons. The average molecular weight is 458 g/mol. The number of amides is 5. The molecule has 1 aromatic rings. The van der Waals surface area contributed by atoms with E-state index >= 15 is 0 Å². The summed E-state index contributed by atoms with van der Waals surface area (Å²) in [5.74, 6) is -2.95. The monoisotopic (exact) mass is 458 g/mol. The van der Waals surface area contributed by atoms with E-state index in [1.807, 2.05) is 0 Å². The molecule has 1 unspecified atom stereocenters. The summed E-state index contributed by atoms with van der Waals surface area (Å²) < 4.78 is 4.86. The van der Waals surface area contributed by atoms with Gasteiger partial charge < -0.3 is 15.4 Å². The molecule has 0 spiro atoms. The van der Waals surface area contributed by atoms with Crippen molar-refractivity contribution in [2.45, 2.75) is 51.1 Å². The molecule has 11 nitrogen and oxygen atoms in total. The van der Waals surface area contributed by atoms with Crippen LogP contribution in [0, 0.1) is 0 Å². The molecule has 0 bridgehead atoms. The maximum absolute atomic E-state index is 12.9. The molecule has 2 atom stereocenters. The number of carbonyl (C=O) groups is 6. The maximum atomic E-state index is 12.9. The van der Waals surface area contributed by atoms with E-state index < -0.39 is 41.7 Å². The Morgan fingerprint density at radius 3 is 2.55 bits per heavy atom. The van der Waals surface area contributed by atoms with Crippen LogP contribution in [-0.2, 0) is 23.9 Å². The highest BCUT2D eigenvalue weighted by atomic mass is 16.5. The van der Waals surface area contributed by atoms with Gasteiger partial charge in [-0.2, -0.15) is 0 Å². The zero-order valence-corrected chi connectivity index (χ0v) is 18.4. The van der Waals surface area contributed by atoms with E-state index in [2.05, 4.69) is 16.0 Å². The molecule has 0 saturated carbocycles. The van der Waals surface area contributed by atoms with E-state index in [-0.39, 0.29) is 29.9 Å². The average Bonchev–Trinajstić information content (AvgIpc) is 3.02. The zero-order chi connectivity index (χ0) is 24.1. The number of hydrogen-bond donors (Lipinski definition) is 3. The van der Waals surface area contributed by atoms with Gasteiger partial charge in [0, 0.05) is 25.6 Å². The second kappa shape index (κ2) is 10.2. The van der Waals surface area contributed by atoms with Crippen molar-refractivity contribution in [3.05, 3.63) is 29.3 Å². The Labute approximate surface area is 190 Å². The summed E-state index contributed by atoms with van der Waals surface area (Å²) in [5.41, 5.74) is 0.710. The van der Waals surface area contributed by atoms with E-state index in [1.165, 1.54) is 26.2 Å². The van der Waals surface area contributed by atoms with Crippen LogP contribution in [0.25, 0.3) is 0 Å². The number of nitrogens with one attached hydrogen (secondary N) is 3. The van der Waals surface area contributed by atoms with Crippen molar-refractivity contribution in [3.63, 3.8) is 0 Å². The van der Waals surface area contributed by atoms with Gasteiger partial charge in [-0.05, 0) is 43.9 Å². The van der Waals surface area contributed by atoms with E-state index in [0.717, 1.165) is 4.90 Å². The van der Waals surface area contributed by atoms with Gasteiger partial charge in [-0.3, -0.25) is 34.2 Å². The number of unbranched alkanes of at least 4 members (excludes halogenated alkanes) is 1. The molecule has 3 rings (SSSR count). The Bertz CT molecular complexity index is 1010. The minimum atomic E-state index is -1.04. The fourth-order valence-electron chi connectivity index (χ4n) is 3.89. The van der Waals surface area contributed by atoms with E-state index in [0.29, 0.717) is 31.5 Å². The Balaban J connectivity index is 1.71. The minimum Gasteiger partial charge on any atom is -0.467 e. The number of rotatable bonds is 9. The van der Waals surface area contributed by atoms with Crippen LogP contribution in [-0.4, -0.2) is 66.1 Å². The number of fused-ring (bicyclic) bond motifs is 1. The van der Waals surface area contributed by atoms with Crippen molar-refractivity contribution in [3.8, 4) is 0 Å². The Hall–Kier alpha value is -3.76. The predicted octanol–water partition coefficient (Wildman–Crippen LogP) is 0.348. The lowest BCUT2D eigenvalue weighted by molar-refractivity contribution is -0.141. The van der Waals surface area contributed by atoms with Crippen molar-refractivity contribution in [2.24, 2.45) is 0 Å². The number of piperidine rings is 1. The summed E-state index contributed by atoms with van der Waals surface area (Å²) in [7, 11) is 1.27. The molecule has 11 heteroatoms. The quantitative estimate of drug-likeness (QED) is 0.272. The molecule has 1 fully saturated rings. The van der Waals surface area contributed by atoms with Crippen LogP contribution in [0.3, 0.4) is 0 Å². The van der Waals surface area contributed by atoms with Gasteiger partial charge in [0.1, 0.15) is 12.1 Å². The van der Waals surface area contributed by atoms with E-state index in [1.54, 1.807) is 6.07 Å². The van der Waals surface area contributed by atoms with E-state index in [9.17, 15) is 28.8 Å². The normalized spacial score (nSPS) is 18.5. The molecule has 0 aliphatic carbocycles. The standard InChI is InChI=1S/C22H26N4O7/c1-12(27)23-10-4-3-5-16(22(32)33-2)24-13-6-7-14-15(11-13)21(31)26(20(14)30)17-8-9-18(28)25-19(17)29/h6-7,11,16-17,24H,3-5,8-10H2,1-2H3,(H,23,27)(H,25,28,29)/t16-,17?/m0/s1. The SMILES string of the molecule is COC(=O)[C@H](CCCCNC(C)=O)Nc1ccc2c(c1)C(=O)N(C1CCC(=O)NC1=O)C2=O. The fraction of sp³-hybridized carbons (Fsp3) is 0.455. The molecule has 176 valence electrons. The summed E-state index contributed by atoms with van der Waals surface area (Å²) in [6.07, 6.45) is 1.85. The second-order valence-electron chi connectivity index (χ2n) is 7.91. The molecule has 2 aliphatic rings. The Kier molecular flexibility index (Phi) is 7.41. The first-order chi connectivity index (χ1) is 15.7. The molecule has 0 aromatic heterocycles. The molecule has 5 amide bonds. The smallest absolute Gasteiger partial charge is 0.328 e. The third kappa shape index (κ3) is 5.36. The number of imide groups is 2. The number of ether oxygens (including phenoxy) is 1. The van der Waals surface area contributed by atoms with E-state index in [4.69, 9.17) is 4.74 Å². The van der Waals surface area contributed by atoms with Crippen molar-refractivity contribution in [1.82, 2.24) is 15.5 Å². The maximum Gasteiger partial charge on any atom is 0.328 e. The lowest BCUT2D eigenvalue weighted by Crippen LogP contribution is -2.54. The number of hydrogen-bond acceptors (Lipinski definition) is 8. The largest absolute Gasteiger partial charge is 0.467 e. The van der Waals surface area contributed by atoms with Crippen LogP contribution in [0.15, 0.2) is 18.2 Å². The summed E-state index contributed by atoms with van der Waals surface area (Å²) in [5, 5.41) is 7.88. The van der Waals surface area contributed by atoms with Crippen LogP contribution < -0.4 is 16.0 Å². The second-order valence-corrected chi connectivity index (χ2v) is 7.91. The first kappa shape index (κ1) is 23.9. The molecular formula is C22H26N4O7. The highest BCUT2D eigenvalue weighted by Gasteiger charge is 2.44. The van der Waals surface area contributed by atoms with Crippen LogP contribution in [0.5, 0.6) is 0 Å². The van der Waals surface area contributed by atoms with Gasteiger partial charge in [-0.15, -0.1) is 0 Å². The highest BCUT2D eigenvalue weighted by molar-refractivity contribution is 6.23. The fourth-order valence-corrected chi connectivity index (χ4v) is 3.89. The van der Waals surface area contributed by atoms with Crippen LogP contribution in [0.1, 0.15) is 59.7 Å². The molecule has 33 heavy (non-hydrogen) atoms.